The Labute approximate surface area is 98.4 Å². The van der Waals surface area contributed by atoms with E-state index in [4.69, 9.17) is 5.73 Å². The predicted molar refractivity (Wildman–Crippen MR) is 64.9 cm³/mol. The van der Waals surface area contributed by atoms with Crippen LogP contribution in [0.25, 0.3) is 0 Å². The maximum atomic E-state index is 12.1. The van der Waals surface area contributed by atoms with Crippen LogP contribution in [-0.2, 0) is 4.79 Å². The zero-order chi connectivity index (χ0) is 11.7. The van der Waals surface area contributed by atoms with Crippen molar-refractivity contribution in [1.82, 2.24) is 4.90 Å². The quantitative estimate of drug-likeness (QED) is 0.737. The van der Waals surface area contributed by atoms with Crippen LogP contribution >= 0.6 is 0 Å². The van der Waals surface area contributed by atoms with Crippen LogP contribution in [0.2, 0.25) is 0 Å². The summed E-state index contributed by atoms with van der Waals surface area (Å²) in [7, 11) is 0. The third-order valence-corrected chi connectivity index (χ3v) is 4.41. The number of hydrogen-bond donors (Lipinski definition) is 1. The molecule has 92 valence electrons. The predicted octanol–water partition coefficient (Wildman–Crippen LogP) is 1.76. The second-order valence-electron chi connectivity index (χ2n) is 5.60. The van der Waals surface area contributed by atoms with Crippen molar-refractivity contribution < 1.29 is 4.79 Å². The molecule has 2 N–H and O–H groups in total. The normalized spacial score (nSPS) is 36.7. The van der Waals surface area contributed by atoms with E-state index in [0.29, 0.717) is 6.04 Å². The van der Waals surface area contributed by atoms with Gasteiger partial charge in [-0.3, -0.25) is 4.79 Å². The largest absolute Gasteiger partial charge is 0.338 e. The summed E-state index contributed by atoms with van der Waals surface area (Å²) in [6.07, 6.45) is 6.25. The van der Waals surface area contributed by atoms with Gasteiger partial charge in [0.1, 0.15) is 0 Å². The molecule has 16 heavy (non-hydrogen) atoms. The first-order chi connectivity index (χ1) is 7.61. The number of carbonyl (C=O) groups excluding carboxylic acids is 1. The van der Waals surface area contributed by atoms with Gasteiger partial charge in [0.05, 0.1) is 6.04 Å². The number of hydrogen-bond acceptors (Lipinski definition) is 2. The Morgan fingerprint density at radius 1 is 1.31 bits per heavy atom. The first-order valence-corrected chi connectivity index (χ1v) is 6.67. The minimum Gasteiger partial charge on any atom is -0.338 e. The SMILES string of the molecule is CC(N)C(=O)N1CCC(C)C2CCCCC21. The number of rotatable bonds is 1. The van der Waals surface area contributed by atoms with E-state index in [1.807, 2.05) is 0 Å². The number of amides is 1. The first-order valence-electron chi connectivity index (χ1n) is 6.67. The lowest BCUT2D eigenvalue weighted by Gasteiger charge is -2.47. The first kappa shape index (κ1) is 11.9. The van der Waals surface area contributed by atoms with E-state index in [-0.39, 0.29) is 11.9 Å². The third-order valence-electron chi connectivity index (χ3n) is 4.41. The number of carbonyl (C=O) groups is 1. The maximum absolute atomic E-state index is 12.1. The fourth-order valence-electron chi connectivity index (χ4n) is 3.45. The Hall–Kier alpha value is -0.570. The minimum absolute atomic E-state index is 0.156. The molecule has 2 rings (SSSR count). The Bertz CT molecular complexity index is 265. The molecule has 1 aliphatic carbocycles. The van der Waals surface area contributed by atoms with Gasteiger partial charge in [-0.15, -0.1) is 0 Å². The number of nitrogens with zero attached hydrogens (tertiary/aromatic N) is 1. The highest BCUT2D eigenvalue weighted by Gasteiger charge is 2.39. The second-order valence-corrected chi connectivity index (χ2v) is 5.60. The molecule has 1 heterocycles. The van der Waals surface area contributed by atoms with Gasteiger partial charge in [-0.05, 0) is 38.0 Å². The van der Waals surface area contributed by atoms with Gasteiger partial charge >= 0.3 is 0 Å². The van der Waals surface area contributed by atoms with Crippen LogP contribution in [-0.4, -0.2) is 29.4 Å². The molecule has 0 aromatic heterocycles. The van der Waals surface area contributed by atoms with Crippen LogP contribution < -0.4 is 5.73 Å². The number of piperidine rings is 1. The molecule has 1 aliphatic heterocycles. The van der Waals surface area contributed by atoms with Crippen molar-refractivity contribution in [1.29, 1.82) is 0 Å². The summed E-state index contributed by atoms with van der Waals surface area (Å²) in [5, 5.41) is 0. The van der Waals surface area contributed by atoms with Crippen molar-refractivity contribution >= 4 is 5.91 Å². The summed E-state index contributed by atoms with van der Waals surface area (Å²) in [6, 6.07) is 0.145. The molecular formula is C13H24N2O. The zero-order valence-corrected chi connectivity index (χ0v) is 10.5. The van der Waals surface area contributed by atoms with Crippen LogP contribution in [0, 0.1) is 11.8 Å². The summed E-state index contributed by atoms with van der Waals surface area (Å²) in [5.74, 6) is 1.66. The lowest BCUT2D eigenvalue weighted by atomic mass is 9.72. The molecule has 0 radical (unpaired) electrons. The molecule has 3 nitrogen and oxygen atoms in total. The molecular weight excluding hydrogens is 200 g/mol. The average Bonchev–Trinajstić information content (AvgIpc) is 2.29. The molecule has 3 heteroatoms. The molecule has 2 aliphatic rings. The van der Waals surface area contributed by atoms with Crippen LogP contribution in [0.5, 0.6) is 0 Å². The Kier molecular flexibility index (Phi) is 3.53. The van der Waals surface area contributed by atoms with E-state index in [9.17, 15) is 4.79 Å². The molecule has 2 fully saturated rings. The van der Waals surface area contributed by atoms with E-state index < -0.39 is 0 Å². The number of nitrogens with two attached hydrogens (primary N) is 1. The molecule has 0 bridgehead atoms. The van der Waals surface area contributed by atoms with E-state index in [2.05, 4.69) is 11.8 Å². The van der Waals surface area contributed by atoms with Crippen LogP contribution in [0.15, 0.2) is 0 Å². The molecule has 1 saturated heterocycles. The highest BCUT2D eigenvalue weighted by molar-refractivity contribution is 5.81. The van der Waals surface area contributed by atoms with Crippen LogP contribution in [0.1, 0.15) is 46.0 Å². The Morgan fingerprint density at radius 2 is 2.00 bits per heavy atom. The summed E-state index contributed by atoms with van der Waals surface area (Å²) in [5.41, 5.74) is 5.73. The van der Waals surface area contributed by atoms with Gasteiger partial charge in [-0.2, -0.15) is 0 Å². The fraction of sp³-hybridized carbons (Fsp3) is 0.923. The summed E-state index contributed by atoms with van der Waals surface area (Å²) < 4.78 is 0. The molecule has 1 saturated carbocycles. The van der Waals surface area contributed by atoms with E-state index in [1.54, 1.807) is 6.92 Å². The van der Waals surface area contributed by atoms with Gasteiger partial charge < -0.3 is 10.6 Å². The minimum atomic E-state index is -0.337. The average molecular weight is 224 g/mol. The van der Waals surface area contributed by atoms with E-state index >= 15 is 0 Å². The zero-order valence-electron chi connectivity index (χ0n) is 10.5. The number of fused-ring (bicyclic) bond motifs is 1. The van der Waals surface area contributed by atoms with Crippen LogP contribution in [0.4, 0.5) is 0 Å². The molecule has 0 spiro atoms. The molecule has 0 aromatic rings. The lowest BCUT2D eigenvalue weighted by Crippen LogP contribution is -2.55. The van der Waals surface area contributed by atoms with Crippen molar-refractivity contribution in [2.45, 2.75) is 58.0 Å². The molecule has 1 amide bonds. The van der Waals surface area contributed by atoms with Gasteiger partial charge in [0, 0.05) is 12.6 Å². The summed E-state index contributed by atoms with van der Waals surface area (Å²) >= 11 is 0. The van der Waals surface area contributed by atoms with Gasteiger partial charge in [0.15, 0.2) is 0 Å². The van der Waals surface area contributed by atoms with Gasteiger partial charge in [-0.25, -0.2) is 0 Å². The Morgan fingerprint density at radius 3 is 2.69 bits per heavy atom. The third kappa shape index (κ3) is 2.10. The van der Waals surface area contributed by atoms with Crippen molar-refractivity contribution in [3.8, 4) is 0 Å². The molecule has 4 atom stereocenters. The van der Waals surface area contributed by atoms with E-state index in [0.717, 1.165) is 24.8 Å². The molecule has 4 unspecified atom stereocenters. The smallest absolute Gasteiger partial charge is 0.239 e. The lowest BCUT2D eigenvalue weighted by molar-refractivity contribution is -0.140. The van der Waals surface area contributed by atoms with Gasteiger partial charge in [0.2, 0.25) is 5.91 Å². The highest BCUT2D eigenvalue weighted by atomic mass is 16.2. The Balaban J connectivity index is 2.11. The fourth-order valence-corrected chi connectivity index (χ4v) is 3.45. The van der Waals surface area contributed by atoms with Crippen LogP contribution in [0.3, 0.4) is 0 Å². The summed E-state index contributed by atoms with van der Waals surface area (Å²) in [6.45, 7) is 5.07. The summed E-state index contributed by atoms with van der Waals surface area (Å²) in [4.78, 5) is 14.1. The number of likely N-dealkylation sites (tertiary alicyclic amines) is 1. The maximum Gasteiger partial charge on any atom is 0.239 e. The monoisotopic (exact) mass is 224 g/mol. The van der Waals surface area contributed by atoms with Gasteiger partial charge in [0.25, 0.3) is 0 Å². The second kappa shape index (κ2) is 4.74. The van der Waals surface area contributed by atoms with E-state index in [1.165, 1.54) is 25.7 Å². The van der Waals surface area contributed by atoms with Crippen molar-refractivity contribution in [2.75, 3.05) is 6.54 Å². The van der Waals surface area contributed by atoms with Crippen molar-refractivity contribution in [3.63, 3.8) is 0 Å². The molecule has 0 aromatic carbocycles. The van der Waals surface area contributed by atoms with Crippen molar-refractivity contribution in [2.24, 2.45) is 17.6 Å². The van der Waals surface area contributed by atoms with Gasteiger partial charge in [-0.1, -0.05) is 19.8 Å². The van der Waals surface area contributed by atoms with Crippen molar-refractivity contribution in [3.05, 3.63) is 0 Å². The topological polar surface area (TPSA) is 46.3 Å². The standard InChI is InChI=1S/C13H24N2O/c1-9-7-8-15(13(16)10(2)14)12-6-4-3-5-11(9)12/h9-12H,3-8,14H2,1-2H3. The highest BCUT2D eigenvalue weighted by Crippen LogP contribution is 2.38.